The molecule has 0 atom stereocenters. The van der Waals surface area contributed by atoms with Crippen molar-refractivity contribution in [3.63, 3.8) is 0 Å². The number of hydrogen-bond donors (Lipinski definition) is 0. The number of fused-ring (bicyclic) bond motifs is 4. The van der Waals surface area contributed by atoms with Gasteiger partial charge >= 0.3 is 319 Å². The predicted molar refractivity (Wildman–Crippen MR) is 211 cm³/mol. The van der Waals surface area contributed by atoms with Crippen LogP contribution < -0.4 is 13.1 Å². The Kier molecular flexibility index (Phi) is 12.2. The van der Waals surface area contributed by atoms with Crippen LogP contribution in [0.2, 0.25) is 0 Å². The molecule has 0 saturated carbocycles. The molecule has 2 aliphatic heterocycles. The van der Waals surface area contributed by atoms with Crippen LogP contribution in [0.5, 0.6) is 0 Å². The fourth-order valence-corrected chi connectivity index (χ4v) is 16.9. The minimum absolute atomic E-state index is 0.183. The Bertz CT molecular complexity index is 1450. The number of nitrogens with zero attached hydrogens (tertiary/aromatic N) is 2. The van der Waals surface area contributed by atoms with Gasteiger partial charge in [0.15, 0.2) is 0 Å². The van der Waals surface area contributed by atoms with Gasteiger partial charge in [0, 0.05) is 0 Å². The van der Waals surface area contributed by atoms with Crippen LogP contribution in [0.25, 0.3) is 0 Å². The van der Waals surface area contributed by atoms with E-state index in [1.54, 1.807) is 35.3 Å². The second kappa shape index (κ2) is 15.4. The van der Waals surface area contributed by atoms with Crippen molar-refractivity contribution in [1.29, 1.82) is 0 Å². The van der Waals surface area contributed by atoms with Crippen molar-refractivity contribution in [2.45, 2.75) is 119 Å². The van der Waals surface area contributed by atoms with Crippen LogP contribution in [0.1, 0.15) is 104 Å². The Hall–Kier alpha value is -1.43. The molecule has 4 heteroatoms. The van der Waals surface area contributed by atoms with E-state index in [4.69, 9.17) is 0 Å². The molecule has 0 bridgehead atoms. The molecule has 2 heterocycles. The zero-order valence-electron chi connectivity index (χ0n) is 31.3. The van der Waals surface area contributed by atoms with Crippen molar-refractivity contribution in [3.05, 3.63) is 119 Å². The summed E-state index contributed by atoms with van der Waals surface area (Å²) in [5.74, 6) is 0. The zero-order valence-corrected chi connectivity index (χ0v) is 38.2. The molecule has 2 radical (unpaired) electrons. The van der Waals surface area contributed by atoms with Gasteiger partial charge in [-0.15, -0.1) is 0 Å². The quantitative estimate of drug-likeness (QED) is 0.193. The fraction of sp³-hybridized carbons (Fsp3) is 0.455. The van der Waals surface area contributed by atoms with Crippen LogP contribution in [0, 0.1) is 10.8 Å². The van der Waals surface area contributed by atoms with Gasteiger partial charge in [-0.1, -0.05) is 0 Å². The van der Waals surface area contributed by atoms with Crippen LogP contribution in [-0.2, 0) is 26.2 Å². The van der Waals surface area contributed by atoms with Crippen LogP contribution in [-0.4, -0.2) is 67.3 Å². The first-order valence-corrected chi connectivity index (χ1v) is 24.7. The summed E-state index contributed by atoms with van der Waals surface area (Å²) in [4.78, 5) is 5.41. The SMILES string of the molecule is CC(C)(C)CC(C)(C)N1Cc2cccc[c]2[Bi][c]2ccccc2C1.CC(C)(C)CC(C)(C)N1Cc2cccc[c]2[Bi][c]2ccccc2C1. The van der Waals surface area contributed by atoms with E-state index in [2.05, 4.69) is 176 Å². The van der Waals surface area contributed by atoms with E-state index in [0.29, 0.717) is 10.8 Å². The van der Waals surface area contributed by atoms with Crippen LogP contribution in [0.4, 0.5) is 0 Å². The molecule has 6 rings (SSSR count). The molecule has 254 valence electrons. The summed E-state index contributed by atoms with van der Waals surface area (Å²) < 4.78 is 6.62. The molecule has 4 aromatic rings. The third-order valence-corrected chi connectivity index (χ3v) is 20.1. The van der Waals surface area contributed by atoms with Crippen molar-refractivity contribution in [2.24, 2.45) is 10.8 Å². The summed E-state index contributed by atoms with van der Waals surface area (Å²) in [6, 6.07) is 36.6. The first kappa shape index (κ1) is 37.8. The molecule has 0 amide bonds. The van der Waals surface area contributed by atoms with Gasteiger partial charge < -0.3 is 0 Å². The van der Waals surface area contributed by atoms with E-state index in [-0.39, 0.29) is 11.1 Å². The Labute approximate surface area is 316 Å². The maximum absolute atomic E-state index is 2.70. The van der Waals surface area contributed by atoms with Crippen molar-refractivity contribution in [1.82, 2.24) is 9.80 Å². The molecular weight excluding hydrogens is 974 g/mol. The molecular formula is C44H58Bi2N2. The van der Waals surface area contributed by atoms with Gasteiger partial charge in [0.25, 0.3) is 0 Å². The maximum atomic E-state index is 2.70. The normalized spacial score (nSPS) is 16.0. The first-order chi connectivity index (χ1) is 22.5. The summed E-state index contributed by atoms with van der Waals surface area (Å²) in [5, 5.41) is 0. The second-order valence-corrected chi connectivity index (χ2v) is 26.8. The summed E-state index contributed by atoms with van der Waals surface area (Å²) in [6.45, 7) is 28.2. The number of benzene rings is 4. The van der Waals surface area contributed by atoms with Crippen LogP contribution in [0.3, 0.4) is 0 Å². The van der Waals surface area contributed by atoms with Gasteiger partial charge in [-0.25, -0.2) is 0 Å². The van der Waals surface area contributed by atoms with E-state index in [1.165, 1.54) is 12.8 Å². The molecule has 0 fully saturated rings. The molecule has 0 spiro atoms. The predicted octanol–water partition coefficient (Wildman–Crippen LogP) is 7.74. The number of hydrogen-bond acceptors (Lipinski definition) is 2. The third kappa shape index (κ3) is 10.3. The van der Waals surface area contributed by atoms with Gasteiger partial charge in [0.1, 0.15) is 0 Å². The molecule has 0 saturated heterocycles. The van der Waals surface area contributed by atoms with Gasteiger partial charge in [-0.2, -0.15) is 0 Å². The molecule has 0 N–H and O–H groups in total. The van der Waals surface area contributed by atoms with E-state index < -0.39 is 46.5 Å². The molecule has 2 aliphatic rings. The summed E-state index contributed by atoms with van der Waals surface area (Å²) in [6.07, 6.45) is 2.40. The monoisotopic (exact) mass is 1030 g/mol. The Morgan fingerprint density at radius 2 is 0.625 bits per heavy atom. The molecule has 0 aliphatic carbocycles. The average molecular weight is 1030 g/mol. The van der Waals surface area contributed by atoms with Crippen molar-refractivity contribution >= 4 is 59.6 Å². The zero-order chi connectivity index (χ0) is 34.7. The van der Waals surface area contributed by atoms with E-state index >= 15 is 0 Å². The number of rotatable bonds is 4. The van der Waals surface area contributed by atoms with Crippen molar-refractivity contribution in [3.8, 4) is 0 Å². The molecule has 4 aromatic carbocycles. The van der Waals surface area contributed by atoms with E-state index in [0.717, 1.165) is 26.2 Å². The first-order valence-electron chi connectivity index (χ1n) is 17.7. The van der Waals surface area contributed by atoms with E-state index in [9.17, 15) is 0 Å². The molecule has 0 aromatic heterocycles. The summed E-state index contributed by atoms with van der Waals surface area (Å²) >= 11 is -1.62. The summed E-state index contributed by atoms with van der Waals surface area (Å²) in [5.41, 5.74) is 7.28. The second-order valence-electron chi connectivity index (χ2n) is 17.6. The van der Waals surface area contributed by atoms with Gasteiger partial charge in [0.05, 0.1) is 0 Å². The van der Waals surface area contributed by atoms with Crippen LogP contribution >= 0.6 is 0 Å². The average Bonchev–Trinajstić information content (AvgIpc) is 2.95. The molecule has 2 nitrogen and oxygen atoms in total. The third-order valence-electron chi connectivity index (χ3n) is 9.53. The van der Waals surface area contributed by atoms with Gasteiger partial charge in [-0.3, -0.25) is 0 Å². The molecule has 0 unspecified atom stereocenters. The Morgan fingerprint density at radius 1 is 0.396 bits per heavy atom. The van der Waals surface area contributed by atoms with Gasteiger partial charge in [-0.05, 0) is 0 Å². The Balaban J connectivity index is 0.000000188. The van der Waals surface area contributed by atoms with Crippen molar-refractivity contribution < 1.29 is 0 Å². The minimum atomic E-state index is -0.809. The molecule has 48 heavy (non-hydrogen) atoms. The van der Waals surface area contributed by atoms with Gasteiger partial charge in [0.2, 0.25) is 0 Å². The standard InChI is InChI=1S/2C22H29N.2Bi/c2*1-21(2,3)18-22(4,5)23(16-19-12-8-6-9-13-19)17-20-14-10-7-11-15-20;;/h2*6-12,14H,16-18H2,1-5H3;;. The van der Waals surface area contributed by atoms with E-state index in [1.807, 2.05) is 0 Å². The summed E-state index contributed by atoms with van der Waals surface area (Å²) in [7, 11) is 0. The van der Waals surface area contributed by atoms with Crippen LogP contribution in [0.15, 0.2) is 97.1 Å². The van der Waals surface area contributed by atoms with Crippen molar-refractivity contribution in [2.75, 3.05) is 0 Å². The fourth-order valence-electron chi connectivity index (χ4n) is 7.88. The Morgan fingerprint density at radius 3 is 0.854 bits per heavy atom. The topological polar surface area (TPSA) is 6.48 Å².